The van der Waals surface area contributed by atoms with E-state index in [1.165, 1.54) is 16.5 Å². The monoisotopic (exact) mass is 262 g/mol. The number of rotatable bonds is 3. The molecule has 0 spiro atoms. The van der Waals surface area contributed by atoms with Crippen molar-refractivity contribution in [3.05, 3.63) is 52.0 Å². The van der Waals surface area contributed by atoms with Crippen molar-refractivity contribution in [2.75, 3.05) is 18.0 Å². The number of nitrogens with two attached hydrogens (primary N) is 1. The summed E-state index contributed by atoms with van der Waals surface area (Å²) in [7, 11) is 0. The largest absolute Gasteiger partial charge is 0.369 e. The normalized spacial score (nSPS) is 15.8. The quantitative estimate of drug-likeness (QED) is 0.921. The Labute approximate surface area is 110 Å². The molecule has 1 aromatic carbocycles. The Hall–Kier alpha value is -1.39. The highest BCUT2D eigenvalue weighted by Crippen LogP contribution is 2.30. The molecular weight excluding hydrogens is 247 g/mol. The van der Waals surface area contributed by atoms with E-state index in [-0.39, 0.29) is 11.9 Å². The van der Waals surface area contributed by atoms with E-state index in [4.69, 9.17) is 5.73 Å². The molecule has 0 saturated heterocycles. The van der Waals surface area contributed by atoms with Crippen LogP contribution < -0.4 is 10.6 Å². The fraction of sp³-hybridized carbons (Fsp3) is 0.286. The Morgan fingerprint density at radius 2 is 2.28 bits per heavy atom. The Morgan fingerprint density at radius 1 is 1.39 bits per heavy atom. The smallest absolute Gasteiger partial charge is 0.125 e. The molecule has 2 N–H and O–H groups in total. The number of benzene rings is 1. The average Bonchev–Trinajstić information content (AvgIpc) is 2.99. The first-order valence-electron chi connectivity index (χ1n) is 6.06. The molecule has 0 bridgehead atoms. The summed E-state index contributed by atoms with van der Waals surface area (Å²) in [4.78, 5) is 3.36. The SMILES string of the molecule is NC(CN1CCc2ccc(F)cc21)c1cccs1. The topological polar surface area (TPSA) is 29.3 Å². The first-order valence-corrected chi connectivity index (χ1v) is 6.94. The number of hydrogen-bond acceptors (Lipinski definition) is 3. The minimum Gasteiger partial charge on any atom is -0.369 e. The molecule has 94 valence electrons. The molecule has 0 saturated carbocycles. The lowest BCUT2D eigenvalue weighted by molar-refractivity contribution is 0.626. The molecule has 2 heterocycles. The zero-order chi connectivity index (χ0) is 12.5. The highest BCUT2D eigenvalue weighted by atomic mass is 32.1. The van der Waals surface area contributed by atoms with Gasteiger partial charge in [0.1, 0.15) is 5.82 Å². The molecule has 2 nitrogen and oxygen atoms in total. The number of thiophene rings is 1. The fourth-order valence-electron chi connectivity index (χ4n) is 2.44. The maximum atomic E-state index is 13.3. The highest BCUT2D eigenvalue weighted by molar-refractivity contribution is 7.10. The summed E-state index contributed by atoms with van der Waals surface area (Å²) in [6, 6.07) is 9.08. The summed E-state index contributed by atoms with van der Waals surface area (Å²) < 4.78 is 13.3. The van der Waals surface area contributed by atoms with Crippen molar-refractivity contribution < 1.29 is 4.39 Å². The zero-order valence-corrected chi connectivity index (χ0v) is 10.8. The minimum atomic E-state index is -0.176. The molecule has 0 fully saturated rings. The van der Waals surface area contributed by atoms with E-state index in [2.05, 4.69) is 11.0 Å². The number of halogens is 1. The number of hydrogen-bond donors (Lipinski definition) is 1. The summed E-state index contributed by atoms with van der Waals surface area (Å²) in [5.41, 5.74) is 8.41. The molecule has 1 aliphatic heterocycles. The number of fused-ring (bicyclic) bond motifs is 1. The van der Waals surface area contributed by atoms with Gasteiger partial charge >= 0.3 is 0 Å². The third kappa shape index (κ3) is 2.13. The van der Waals surface area contributed by atoms with Crippen LogP contribution in [0.5, 0.6) is 0 Å². The molecule has 1 aliphatic rings. The van der Waals surface area contributed by atoms with Gasteiger partial charge in [-0.05, 0) is 35.6 Å². The Bertz CT molecular complexity index is 539. The van der Waals surface area contributed by atoms with Crippen LogP contribution in [0, 0.1) is 5.82 Å². The highest BCUT2D eigenvalue weighted by Gasteiger charge is 2.22. The van der Waals surface area contributed by atoms with Crippen molar-refractivity contribution in [1.82, 2.24) is 0 Å². The summed E-state index contributed by atoms with van der Waals surface area (Å²) >= 11 is 1.67. The predicted octanol–water partition coefficient (Wildman–Crippen LogP) is 2.95. The number of nitrogens with zero attached hydrogens (tertiary/aromatic N) is 1. The van der Waals surface area contributed by atoms with E-state index >= 15 is 0 Å². The van der Waals surface area contributed by atoms with E-state index < -0.39 is 0 Å². The molecular formula is C14H15FN2S. The van der Waals surface area contributed by atoms with E-state index in [0.717, 1.165) is 25.2 Å². The third-order valence-electron chi connectivity index (χ3n) is 3.36. The first kappa shape index (κ1) is 11.7. The van der Waals surface area contributed by atoms with Crippen molar-refractivity contribution in [3.8, 4) is 0 Å². The van der Waals surface area contributed by atoms with Crippen LogP contribution in [0.25, 0.3) is 0 Å². The van der Waals surface area contributed by atoms with E-state index in [1.807, 2.05) is 17.5 Å². The maximum Gasteiger partial charge on any atom is 0.125 e. The van der Waals surface area contributed by atoms with Gasteiger partial charge in [-0.25, -0.2) is 4.39 Å². The summed E-state index contributed by atoms with van der Waals surface area (Å²) in [5, 5.41) is 2.03. The van der Waals surface area contributed by atoms with Crippen LogP contribution in [-0.4, -0.2) is 13.1 Å². The van der Waals surface area contributed by atoms with Gasteiger partial charge in [-0.2, -0.15) is 0 Å². The molecule has 1 atom stereocenters. The van der Waals surface area contributed by atoms with Gasteiger partial charge in [-0.1, -0.05) is 12.1 Å². The molecule has 18 heavy (non-hydrogen) atoms. The molecule has 1 unspecified atom stereocenters. The molecule has 0 amide bonds. The van der Waals surface area contributed by atoms with Crippen molar-refractivity contribution in [2.45, 2.75) is 12.5 Å². The van der Waals surface area contributed by atoms with Gasteiger partial charge in [0.15, 0.2) is 0 Å². The fourth-order valence-corrected chi connectivity index (χ4v) is 3.16. The van der Waals surface area contributed by atoms with Crippen LogP contribution >= 0.6 is 11.3 Å². The van der Waals surface area contributed by atoms with Crippen LogP contribution in [0.1, 0.15) is 16.5 Å². The standard InChI is InChI=1S/C14H15FN2S/c15-11-4-3-10-5-6-17(13(10)8-11)9-12(16)14-2-1-7-18-14/h1-4,7-8,12H,5-6,9,16H2. The van der Waals surface area contributed by atoms with E-state index in [0.29, 0.717) is 0 Å². The van der Waals surface area contributed by atoms with Crippen molar-refractivity contribution >= 4 is 17.0 Å². The molecule has 2 aromatic rings. The number of anilines is 1. The van der Waals surface area contributed by atoms with E-state index in [1.54, 1.807) is 17.4 Å². The van der Waals surface area contributed by atoms with Gasteiger partial charge in [0, 0.05) is 23.7 Å². The minimum absolute atomic E-state index is 0.000725. The lowest BCUT2D eigenvalue weighted by Crippen LogP contribution is -2.30. The maximum absolute atomic E-state index is 13.3. The van der Waals surface area contributed by atoms with Gasteiger partial charge in [0.2, 0.25) is 0 Å². The molecule has 0 radical (unpaired) electrons. The second-order valence-electron chi connectivity index (χ2n) is 4.59. The first-order chi connectivity index (χ1) is 8.74. The molecule has 3 rings (SSSR count). The second-order valence-corrected chi connectivity index (χ2v) is 5.57. The third-order valence-corrected chi connectivity index (χ3v) is 4.37. The Balaban J connectivity index is 1.78. The van der Waals surface area contributed by atoms with E-state index in [9.17, 15) is 4.39 Å². The molecule has 1 aromatic heterocycles. The van der Waals surface area contributed by atoms with Crippen molar-refractivity contribution in [3.63, 3.8) is 0 Å². The van der Waals surface area contributed by atoms with Crippen LogP contribution in [-0.2, 0) is 6.42 Å². The Kier molecular flexibility index (Phi) is 3.06. The second kappa shape index (κ2) is 4.71. The van der Waals surface area contributed by atoms with Gasteiger partial charge in [-0.3, -0.25) is 0 Å². The summed E-state index contributed by atoms with van der Waals surface area (Å²) in [5.74, 6) is -0.176. The van der Waals surface area contributed by atoms with Crippen LogP contribution in [0.2, 0.25) is 0 Å². The van der Waals surface area contributed by atoms with Crippen molar-refractivity contribution in [2.24, 2.45) is 5.73 Å². The van der Waals surface area contributed by atoms with Gasteiger partial charge in [-0.15, -0.1) is 11.3 Å². The lowest BCUT2D eigenvalue weighted by atomic mass is 10.1. The van der Waals surface area contributed by atoms with Gasteiger partial charge in [0.25, 0.3) is 0 Å². The van der Waals surface area contributed by atoms with Crippen LogP contribution in [0.3, 0.4) is 0 Å². The molecule has 4 heteroatoms. The summed E-state index contributed by atoms with van der Waals surface area (Å²) in [6.45, 7) is 1.68. The van der Waals surface area contributed by atoms with Gasteiger partial charge in [0.05, 0.1) is 6.04 Å². The molecule has 0 aliphatic carbocycles. The Morgan fingerprint density at radius 3 is 3.06 bits per heavy atom. The van der Waals surface area contributed by atoms with Crippen LogP contribution in [0.4, 0.5) is 10.1 Å². The zero-order valence-electron chi connectivity index (χ0n) is 9.97. The van der Waals surface area contributed by atoms with Gasteiger partial charge < -0.3 is 10.6 Å². The lowest BCUT2D eigenvalue weighted by Gasteiger charge is -2.23. The van der Waals surface area contributed by atoms with Crippen LogP contribution in [0.15, 0.2) is 35.7 Å². The summed E-state index contributed by atoms with van der Waals surface area (Å²) in [6.07, 6.45) is 0.979. The average molecular weight is 262 g/mol. The van der Waals surface area contributed by atoms with Crippen molar-refractivity contribution in [1.29, 1.82) is 0 Å². The predicted molar refractivity (Wildman–Crippen MR) is 73.6 cm³/mol.